The maximum atomic E-state index is 14.1. The number of allylic oxidation sites excluding steroid dienone is 4. The molecule has 45 heavy (non-hydrogen) atoms. The van der Waals surface area contributed by atoms with E-state index in [1.54, 1.807) is 24.3 Å². The quantitative estimate of drug-likeness (QED) is 0.260. The van der Waals surface area contributed by atoms with Crippen LogP contribution in [-0.2, 0) is 14.4 Å². The van der Waals surface area contributed by atoms with Crippen LogP contribution in [-0.4, -0.2) is 42.1 Å². The molecule has 1 heterocycles. The van der Waals surface area contributed by atoms with Crippen molar-refractivity contribution in [2.75, 3.05) is 25.1 Å². The molecule has 1 aliphatic heterocycles. The lowest BCUT2D eigenvalue weighted by Crippen LogP contribution is -2.44. The Morgan fingerprint density at radius 1 is 0.933 bits per heavy atom. The summed E-state index contributed by atoms with van der Waals surface area (Å²) < 4.78 is 12.9. The standard InChI is InChI=1S/C36H42ClIN2O5/c1-7-13-40-25-16-35(3,4)18-27(41)32(25)31(33-26(40)17-36(5,6)19-28(33)42)21-14-24(38)34(29(15-21)44-8-2)45-20-30(43)39-23-11-9-22(37)10-12-23/h9-12,14-15,31H,7-8,13,16-20H2,1-6H3,(H,39,43). The van der Waals surface area contributed by atoms with Crippen LogP contribution in [0.15, 0.2) is 58.9 Å². The molecule has 0 fully saturated rings. The van der Waals surface area contributed by atoms with Gasteiger partial charge in [0.05, 0.1) is 10.2 Å². The van der Waals surface area contributed by atoms with Crippen LogP contribution in [0.5, 0.6) is 11.5 Å². The number of carbonyl (C=O) groups is 3. The average Bonchev–Trinajstić information content (AvgIpc) is 2.93. The summed E-state index contributed by atoms with van der Waals surface area (Å²) in [7, 11) is 0. The highest BCUT2D eigenvalue weighted by atomic mass is 127. The van der Waals surface area contributed by atoms with Crippen LogP contribution in [0.25, 0.3) is 0 Å². The molecule has 0 saturated heterocycles. The van der Waals surface area contributed by atoms with Gasteiger partial charge in [0.1, 0.15) is 0 Å². The second-order valence-corrected chi connectivity index (χ2v) is 15.4. The van der Waals surface area contributed by atoms with Gasteiger partial charge >= 0.3 is 0 Å². The van der Waals surface area contributed by atoms with Gasteiger partial charge in [-0.15, -0.1) is 0 Å². The number of rotatable bonds is 9. The summed E-state index contributed by atoms with van der Waals surface area (Å²) in [6.45, 7) is 13.6. The molecule has 0 spiro atoms. The van der Waals surface area contributed by atoms with Gasteiger partial charge in [-0.3, -0.25) is 14.4 Å². The highest BCUT2D eigenvalue weighted by molar-refractivity contribution is 14.1. The minimum atomic E-state index is -0.481. The Bertz CT molecular complexity index is 1540. The molecule has 5 rings (SSSR count). The number of Topliss-reactive ketones (excluding diaryl/α,β-unsaturated/α-hetero) is 2. The fourth-order valence-electron chi connectivity index (χ4n) is 6.90. The average molecular weight is 745 g/mol. The van der Waals surface area contributed by atoms with E-state index in [-0.39, 0.29) is 34.9 Å². The zero-order valence-electron chi connectivity index (χ0n) is 26.9. The third-order valence-electron chi connectivity index (χ3n) is 8.61. The van der Waals surface area contributed by atoms with Crippen molar-refractivity contribution in [3.8, 4) is 11.5 Å². The summed E-state index contributed by atoms with van der Waals surface area (Å²) in [6.07, 6.45) is 3.32. The van der Waals surface area contributed by atoms with Crippen molar-refractivity contribution in [2.24, 2.45) is 10.8 Å². The van der Waals surface area contributed by atoms with E-state index >= 15 is 0 Å². The summed E-state index contributed by atoms with van der Waals surface area (Å²) in [5.41, 5.74) is 4.69. The zero-order valence-corrected chi connectivity index (χ0v) is 29.9. The number of carbonyl (C=O) groups excluding carboxylic acids is 3. The lowest BCUT2D eigenvalue weighted by Gasteiger charge is -2.49. The first-order chi connectivity index (χ1) is 21.2. The zero-order chi connectivity index (χ0) is 32.7. The Morgan fingerprint density at radius 2 is 1.51 bits per heavy atom. The second-order valence-electron chi connectivity index (χ2n) is 13.8. The van der Waals surface area contributed by atoms with Crippen molar-refractivity contribution in [1.82, 2.24) is 4.90 Å². The maximum Gasteiger partial charge on any atom is 0.262 e. The smallest absolute Gasteiger partial charge is 0.262 e. The van der Waals surface area contributed by atoms with E-state index in [0.717, 1.165) is 57.5 Å². The van der Waals surface area contributed by atoms with Crippen molar-refractivity contribution in [3.63, 3.8) is 0 Å². The van der Waals surface area contributed by atoms with Gasteiger partial charge in [-0.1, -0.05) is 46.2 Å². The fourth-order valence-corrected chi connectivity index (χ4v) is 7.81. The molecular formula is C36H42ClIN2O5. The van der Waals surface area contributed by atoms with Crippen molar-refractivity contribution in [2.45, 2.75) is 79.6 Å². The van der Waals surface area contributed by atoms with Gasteiger partial charge in [0.2, 0.25) is 0 Å². The molecule has 0 aromatic heterocycles. The Morgan fingerprint density at radius 3 is 2.04 bits per heavy atom. The lowest BCUT2D eigenvalue weighted by molar-refractivity contribution is -0.120. The van der Waals surface area contributed by atoms with Crippen LogP contribution in [0.4, 0.5) is 5.69 Å². The van der Waals surface area contributed by atoms with Crippen LogP contribution >= 0.6 is 34.2 Å². The number of hydrogen-bond acceptors (Lipinski definition) is 6. The molecule has 0 atom stereocenters. The summed E-state index contributed by atoms with van der Waals surface area (Å²) >= 11 is 8.16. The summed E-state index contributed by atoms with van der Waals surface area (Å²) in [5, 5.41) is 3.40. The Hall–Kier alpha value is -2.85. The van der Waals surface area contributed by atoms with E-state index in [0.29, 0.717) is 41.7 Å². The van der Waals surface area contributed by atoms with Gasteiger partial charge in [0.15, 0.2) is 29.7 Å². The first kappa shape index (κ1) is 33.5. The second kappa shape index (κ2) is 13.1. The third-order valence-corrected chi connectivity index (χ3v) is 9.66. The number of nitrogens with zero attached hydrogens (tertiary/aromatic N) is 1. The van der Waals surface area contributed by atoms with Gasteiger partial charge < -0.3 is 19.7 Å². The molecule has 240 valence electrons. The molecular weight excluding hydrogens is 703 g/mol. The fraction of sp³-hybridized carbons (Fsp3) is 0.472. The number of nitrogens with one attached hydrogen (secondary N) is 1. The number of benzene rings is 2. The van der Waals surface area contributed by atoms with Crippen LogP contribution in [0, 0.1) is 14.4 Å². The minimum absolute atomic E-state index is 0.101. The molecule has 9 heteroatoms. The first-order valence-corrected chi connectivity index (χ1v) is 17.1. The third kappa shape index (κ3) is 7.12. The number of amides is 1. The van der Waals surface area contributed by atoms with Crippen LogP contribution in [0.1, 0.15) is 85.1 Å². The number of ether oxygens (including phenoxy) is 2. The Balaban J connectivity index is 1.57. The van der Waals surface area contributed by atoms with Gasteiger partial charge in [0, 0.05) is 58.6 Å². The van der Waals surface area contributed by atoms with E-state index in [4.69, 9.17) is 21.1 Å². The number of hydrogen-bond donors (Lipinski definition) is 1. The van der Waals surface area contributed by atoms with Gasteiger partial charge in [-0.25, -0.2) is 0 Å². The summed E-state index contributed by atoms with van der Waals surface area (Å²) in [6, 6.07) is 10.7. The molecule has 2 aromatic carbocycles. The van der Waals surface area contributed by atoms with Gasteiger partial charge in [-0.2, -0.15) is 0 Å². The predicted molar refractivity (Wildman–Crippen MR) is 186 cm³/mol. The molecule has 0 radical (unpaired) electrons. The van der Waals surface area contributed by atoms with Gasteiger partial charge in [-0.05, 0) is 102 Å². The molecule has 1 N–H and O–H groups in total. The highest BCUT2D eigenvalue weighted by Gasteiger charge is 2.49. The Kier molecular flexibility index (Phi) is 9.76. The largest absolute Gasteiger partial charge is 0.490 e. The summed E-state index contributed by atoms with van der Waals surface area (Å²) in [5.74, 6) is 0.328. The van der Waals surface area contributed by atoms with E-state index in [9.17, 15) is 14.4 Å². The van der Waals surface area contributed by atoms with E-state index in [1.165, 1.54) is 0 Å². The first-order valence-electron chi connectivity index (χ1n) is 15.7. The summed E-state index contributed by atoms with van der Waals surface area (Å²) in [4.78, 5) is 43.2. The van der Waals surface area contributed by atoms with E-state index in [1.807, 2.05) is 19.1 Å². The maximum absolute atomic E-state index is 14.1. The van der Waals surface area contributed by atoms with E-state index < -0.39 is 5.92 Å². The number of halogens is 2. The van der Waals surface area contributed by atoms with Crippen molar-refractivity contribution < 1.29 is 23.9 Å². The molecule has 0 unspecified atom stereocenters. The number of ketones is 2. The molecule has 3 aliphatic rings. The minimum Gasteiger partial charge on any atom is -0.490 e. The molecule has 0 bridgehead atoms. The molecule has 1 amide bonds. The van der Waals surface area contributed by atoms with Crippen molar-refractivity contribution in [1.29, 1.82) is 0 Å². The van der Waals surface area contributed by atoms with Crippen LogP contribution in [0.3, 0.4) is 0 Å². The van der Waals surface area contributed by atoms with Gasteiger partial charge in [0.25, 0.3) is 5.91 Å². The topological polar surface area (TPSA) is 84.9 Å². The highest BCUT2D eigenvalue weighted by Crippen LogP contribution is 2.55. The molecule has 2 aromatic rings. The number of anilines is 1. The molecule has 0 saturated carbocycles. The van der Waals surface area contributed by atoms with Crippen molar-refractivity contribution >= 4 is 57.4 Å². The normalized spacial score (nSPS) is 19.3. The lowest BCUT2D eigenvalue weighted by atomic mass is 9.63. The van der Waals surface area contributed by atoms with E-state index in [2.05, 4.69) is 67.4 Å². The van der Waals surface area contributed by atoms with Crippen LogP contribution < -0.4 is 14.8 Å². The molecule has 2 aliphatic carbocycles. The molecule has 7 nitrogen and oxygen atoms in total. The van der Waals surface area contributed by atoms with Crippen LogP contribution in [0.2, 0.25) is 5.02 Å². The SMILES string of the molecule is CCCN1C2=C(C(=O)CC(C)(C)C2)C(c2cc(I)c(OCC(=O)Nc3ccc(Cl)cc3)c(OCC)c2)C2=C1CC(C)(C)CC2=O. The van der Waals surface area contributed by atoms with Crippen molar-refractivity contribution in [3.05, 3.63) is 73.1 Å². The Labute approximate surface area is 284 Å². The monoisotopic (exact) mass is 744 g/mol. The predicted octanol–water partition coefficient (Wildman–Crippen LogP) is 8.46.